The molecule has 2 aliphatic rings. The van der Waals surface area contributed by atoms with E-state index >= 15 is 0 Å². The molecule has 0 aromatic carbocycles. The highest BCUT2D eigenvalue weighted by atomic mass is 32.2. The summed E-state index contributed by atoms with van der Waals surface area (Å²) in [5.74, 6) is 0.666. The third-order valence-electron chi connectivity index (χ3n) is 5.50. The molecule has 0 bridgehead atoms. The van der Waals surface area contributed by atoms with Crippen LogP contribution in [0.4, 0.5) is 0 Å². The summed E-state index contributed by atoms with van der Waals surface area (Å²) in [6.45, 7) is 10.1. The molecule has 0 radical (unpaired) electrons. The van der Waals surface area contributed by atoms with Crippen molar-refractivity contribution < 1.29 is 13.2 Å². The highest BCUT2D eigenvalue weighted by molar-refractivity contribution is 7.91. The second-order valence-corrected chi connectivity index (χ2v) is 12.0. The molecule has 8 heteroatoms. The van der Waals surface area contributed by atoms with Crippen LogP contribution in [-0.4, -0.2) is 74.4 Å². The van der Waals surface area contributed by atoms with Crippen molar-refractivity contribution in [1.29, 1.82) is 0 Å². The van der Waals surface area contributed by atoms with E-state index < -0.39 is 9.84 Å². The van der Waals surface area contributed by atoms with Crippen LogP contribution in [0.1, 0.15) is 38.1 Å². The van der Waals surface area contributed by atoms with Gasteiger partial charge in [-0.2, -0.15) is 0 Å². The summed E-state index contributed by atoms with van der Waals surface area (Å²) in [4.78, 5) is 18.3. The second-order valence-electron chi connectivity index (χ2n) is 8.75. The number of sulfone groups is 1. The Kier molecular flexibility index (Phi) is 6.30. The SMILES string of the molecule is CC(C)(C)C(NC(=O)CN1CCN(C2CCS(=O)(=O)C2)CC1)c1cccs1. The standard InChI is InChI=1S/C19H31N3O3S2/c1-19(2,3)18(16-5-4-11-26-16)20-17(23)13-21-7-9-22(10-8-21)15-6-12-27(24,25)14-15/h4-5,11,15,18H,6-10,12-14H2,1-3H3,(H,20,23). The van der Waals surface area contributed by atoms with Gasteiger partial charge in [0.2, 0.25) is 5.91 Å². The van der Waals surface area contributed by atoms with Crippen molar-refractivity contribution in [2.75, 3.05) is 44.2 Å². The van der Waals surface area contributed by atoms with E-state index in [4.69, 9.17) is 0 Å². The summed E-state index contributed by atoms with van der Waals surface area (Å²) in [5.41, 5.74) is -0.0484. The molecular weight excluding hydrogens is 382 g/mol. The minimum absolute atomic E-state index is 0.00924. The maximum atomic E-state index is 12.6. The van der Waals surface area contributed by atoms with E-state index in [2.05, 4.69) is 42.0 Å². The molecule has 2 saturated heterocycles. The molecule has 1 amide bonds. The lowest BCUT2D eigenvalue weighted by Gasteiger charge is -2.38. The quantitative estimate of drug-likeness (QED) is 0.797. The Morgan fingerprint density at radius 3 is 2.52 bits per heavy atom. The Labute approximate surface area is 166 Å². The van der Waals surface area contributed by atoms with Gasteiger partial charge in [0.1, 0.15) is 0 Å². The third-order valence-corrected chi connectivity index (χ3v) is 8.19. The van der Waals surface area contributed by atoms with Crippen LogP contribution in [0.5, 0.6) is 0 Å². The number of hydrogen-bond acceptors (Lipinski definition) is 6. The summed E-state index contributed by atoms with van der Waals surface area (Å²) in [5, 5.41) is 5.26. The van der Waals surface area contributed by atoms with Gasteiger partial charge in [0.25, 0.3) is 0 Å². The molecule has 0 aliphatic carbocycles. The lowest BCUT2D eigenvalue weighted by Crippen LogP contribution is -2.53. The molecule has 3 rings (SSSR count). The first-order chi connectivity index (χ1) is 12.6. The molecule has 2 aliphatic heterocycles. The van der Waals surface area contributed by atoms with Crippen LogP contribution in [0.3, 0.4) is 0 Å². The Morgan fingerprint density at radius 2 is 2.00 bits per heavy atom. The van der Waals surface area contributed by atoms with Crippen molar-refractivity contribution in [2.45, 2.75) is 39.3 Å². The largest absolute Gasteiger partial charge is 0.347 e. The number of rotatable bonds is 5. The van der Waals surface area contributed by atoms with Gasteiger partial charge in [0.15, 0.2) is 9.84 Å². The van der Waals surface area contributed by atoms with Crippen molar-refractivity contribution in [1.82, 2.24) is 15.1 Å². The molecule has 2 unspecified atom stereocenters. The Balaban J connectivity index is 1.49. The number of hydrogen-bond donors (Lipinski definition) is 1. The first-order valence-corrected chi connectivity index (χ1v) is 12.3. The summed E-state index contributed by atoms with van der Waals surface area (Å²) < 4.78 is 23.4. The van der Waals surface area contributed by atoms with Crippen molar-refractivity contribution in [3.05, 3.63) is 22.4 Å². The second kappa shape index (κ2) is 8.19. The van der Waals surface area contributed by atoms with E-state index in [0.29, 0.717) is 18.1 Å². The zero-order valence-electron chi connectivity index (χ0n) is 16.5. The van der Waals surface area contributed by atoms with Gasteiger partial charge < -0.3 is 5.32 Å². The smallest absolute Gasteiger partial charge is 0.234 e. The molecule has 1 N–H and O–H groups in total. The van der Waals surface area contributed by atoms with Crippen LogP contribution < -0.4 is 5.32 Å². The predicted octanol–water partition coefficient (Wildman–Crippen LogP) is 1.76. The van der Waals surface area contributed by atoms with Gasteiger partial charge in [-0.1, -0.05) is 26.8 Å². The molecule has 1 aromatic heterocycles. The molecule has 6 nitrogen and oxygen atoms in total. The molecule has 1 aromatic rings. The number of carbonyl (C=O) groups excluding carboxylic acids is 1. The predicted molar refractivity (Wildman–Crippen MR) is 110 cm³/mol. The van der Waals surface area contributed by atoms with Crippen LogP contribution in [0.2, 0.25) is 0 Å². The fourth-order valence-electron chi connectivity index (χ4n) is 3.93. The summed E-state index contributed by atoms with van der Waals surface area (Å²) in [6, 6.07) is 4.27. The van der Waals surface area contributed by atoms with E-state index in [9.17, 15) is 13.2 Å². The summed E-state index contributed by atoms with van der Waals surface area (Å²) in [7, 11) is -2.84. The first kappa shape index (κ1) is 20.8. The van der Waals surface area contributed by atoms with Crippen LogP contribution in [-0.2, 0) is 14.6 Å². The number of amides is 1. The monoisotopic (exact) mass is 413 g/mol. The maximum absolute atomic E-state index is 12.6. The van der Waals surface area contributed by atoms with E-state index in [0.717, 1.165) is 32.6 Å². The van der Waals surface area contributed by atoms with Gasteiger partial charge in [-0.15, -0.1) is 11.3 Å². The van der Waals surface area contributed by atoms with Crippen molar-refractivity contribution >= 4 is 27.1 Å². The lowest BCUT2D eigenvalue weighted by molar-refractivity contribution is -0.124. The van der Waals surface area contributed by atoms with Gasteiger partial charge in [-0.3, -0.25) is 14.6 Å². The molecular formula is C19H31N3O3S2. The minimum atomic E-state index is -2.84. The van der Waals surface area contributed by atoms with Crippen molar-refractivity contribution in [2.24, 2.45) is 5.41 Å². The Bertz CT molecular complexity index is 733. The number of carbonyl (C=O) groups is 1. The van der Waals surface area contributed by atoms with Gasteiger partial charge in [0.05, 0.1) is 24.1 Å². The van der Waals surface area contributed by atoms with Crippen LogP contribution in [0, 0.1) is 5.41 Å². The van der Waals surface area contributed by atoms with Crippen LogP contribution >= 0.6 is 11.3 Å². The summed E-state index contributed by atoms with van der Waals surface area (Å²) >= 11 is 1.68. The minimum Gasteiger partial charge on any atom is -0.347 e. The normalized spacial score (nSPS) is 25.4. The average Bonchev–Trinajstić information content (AvgIpc) is 3.22. The van der Waals surface area contributed by atoms with Crippen molar-refractivity contribution in [3.8, 4) is 0 Å². The van der Waals surface area contributed by atoms with E-state index in [1.165, 1.54) is 4.88 Å². The first-order valence-electron chi connectivity index (χ1n) is 9.64. The van der Waals surface area contributed by atoms with Gasteiger partial charge in [-0.25, -0.2) is 8.42 Å². The highest BCUT2D eigenvalue weighted by Gasteiger charge is 2.34. The number of thiophene rings is 1. The molecule has 2 fully saturated rings. The topological polar surface area (TPSA) is 69.7 Å². The molecule has 0 saturated carbocycles. The van der Waals surface area contributed by atoms with E-state index in [-0.39, 0.29) is 23.4 Å². The number of nitrogens with zero attached hydrogens (tertiary/aromatic N) is 2. The van der Waals surface area contributed by atoms with E-state index in [1.807, 2.05) is 11.4 Å². The zero-order chi connectivity index (χ0) is 19.7. The average molecular weight is 414 g/mol. The fraction of sp³-hybridized carbons (Fsp3) is 0.737. The number of piperazine rings is 1. The summed E-state index contributed by atoms with van der Waals surface area (Å²) in [6.07, 6.45) is 0.747. The van der Waals surface area contributed by atoms with Gasteiger partial charge in [0, 0.05) is 37.1 Å². The zero-order valence-corrected chi connectivity index (χ0v) is 18.1. The van der Waals surface area contributed by atoms with Gasteiger partial charge in [-0.05, 0) is 23.3 Å². The fourth-order valence-corrected chi connectivity index (χ4v) is 6.71. The molecule has 3 heterocycles. The van der Waals surface area contributed by atoms with Crippen molar-refractivity contribution in [3.63, 3.8) is 0 Å². The van der Waals surface area contributed by atoms with Crippen LogP contribution in [0.15, 0.2) is 17.5 Å². The maximum Gasteiger partial charge on any atom is 0.234 e. The van der Waals surface area contributed by atoms with Crippen LogP contribution in [0.25, 0.3) is 0 Å². The Hall–Kier alpha value is -0.960. The lowest BCUT2D eigenvalue weighted by atomic mass is 9.85. The number of nitrogens with one attached hydrogen (secondary N) is 1. The molecule has 2 atom stereocenters. The molecule has 152 valence electrons. The Morgan fingerprint density at radius 1 is 1.30 bits per heavy atom. The molecule has 0 spiro atoms. The highest BCUT2D eigenvalue weighted by Crippen LogP contribution is 2.35. The van der Waals surface area contributed by atoms with E-state index in [1.54, 1.807) is 11.3 Å². The molecule has 27 heavy (non-hydrogen) atoms. The third kappa shape index (κ3) is 5.53. The van der Waals surface area contributed by atoms with Gasteiger partial charge >= 0.3 is 0 Å².